The number of methoxy groups -OCH3 is 1. The summed E-state index contributed by atoms with van der Waals surface area (Å²) in [6.45, 7) is 8.74. The summed E-state index contributed by atoms with van der Waals surface area (Å²) in [5, 5.41) is 60.9. The molecule has 0 aliphatic carbocycles. The molecular weight excluding hydrogens is 1360 g/mol. The van der Waals surface area contributed by atoms with E-state index in [0.29, 0.717) is 44.9 Å². The normalized spacial score (nSPS) is 18.2. The molecule has 9 unspecified atom stereocenters. The van der Waals surface area contributed by atoms with Crippen molar-refractivity contribution < 1.29 is 96.8 Å². The Balaban J connectivity index is 3.78. The van der Waals surface area contributed by atoms with Crippen molar-refractivity contribution in [3.05, 3.63) is 0 Å². The van der Waals surface area contributed by atoms with Crippen LogP contribution in [0.1, 0.15) is 394 Å². The molecule has 1 aliphatic heterocycles. The monoisotopic (exact) mass is 1520 g/mol. The molecule has 0 saturated carbocycles. The summed E-state index contributed by atoms with van der Waals surface area (Å²) in [5.41, 5.74) is 0. The first kappa shape index (κ1) is 100. The third-order valence-corrected chi connectivity index (χ3v) is 21.0. The van der Waals surface area contributed by atoms with Gasteiger partial charge in [-0.15, -0.1) is 0 Å². The van der Waals surface area contributed by atoms with Crippen molar-refractivity contribution in [1.82, 2.24) is 10.6 Å². The Labute approximate surface area is 636 Å². The average Bonchev–Trinajstić information content (AvgIpc) is 0.779. The van der Waals surface area contributed by atoms with Crippen LogP contribution in [0.15, 0.2) is 0 Å². The first-order chi connectivity index (χ1) is 50.8. The molecule has 1 rings (SSSR count). The van der Waals surface area contributed by atoms with Crippen LogP contribution in [0.4, 0.5) is 0 Å². The molecule has 9 N–H and O–H groups in total. The Morgan fingerprint density at radius 2 is 0.810 bits per heavy atom. The molecule has 2 amide bonds. The molecule has 0 aromatic carbocycles. The number of rotatable bonds is 75. The third-order valence-electron chi connectivity index (χ3n) is 20.5. The van der Waals surface area contributed by atoms with E-state index in [9.17, 15) is 63.9 Å². The van der Waals surface area contributed by atoms with Crippen molar-refractivity contribution in [2.45, 2.75) is 467 Å². The third kappa shape index (κ3) is 54.4. The number of phosphoric ester groups is 1. The summed E-state index contributed by atoms with van der Waals surface area (Å²) in [4.78, 5) is 91.3. The molecule has 0 bridgehead atoms. The molecule has 620 valence electrons. The number of hydrogen-bond donors (Lipinski definition) is 9. The van der Waals surface area contributed by atoms with Gasteiger partial charge in [0.2, 0.25) is 11.8 Å². The second kappa shape index (κ2) is 68.0. The van der Waals surface area contributed by atoms with Crippen LogP contribution in [0.3, 0.4) is 0 Å². The summed E-state index contributed by atoms with van der Waals surface area (Å²) in [5.74, 6) is -3.35. The van der Waals surface area contributed by atoms with Gasteiger partial charge in [-0.1, -0.05) is 311 Å². The van der Waals surface area contributed by atoms with Gasteiger partial charge in [0.25, 0.3) is 0 Å². The Morgan fingerprint density at radius 1 is 0.438 bits per heavy atom. The number of aliphatic hydroxyl groups is 5. The van der Waals surface area contributed by atoms with Crippen LogP contribution in [0, 0.1) is 0 Å². The maximum absolute atomic E-state index is 14.9. The molecule has 105 heavy (non-hydrogen) atoms. The lowest BCUT2D eigenvalue weighted by Gasteiger charge is -2.45. The number of nitrogens with one attached hydrogen (secondary N) is 2. The minimum Gasteiger partial charge on any atom is -0.462 e. The number of carbonyl (C=O) groups excluding carboxylic acids is 5. The van der Waals surface area contributed by atoms with Crippen LogP contribution in [0.2, 0.25) is 0 Å². The van der Waals surface area contributed by atoms with Crippen molar-refractivity contribution in [3.8, 4) is 0 Å². The van der Waals surface area contributed by atoms with E-state index in [1.807, 2.05) is 0 Å². The fraction of sp³-hybridized carbons (Fsp3) is 0.939. The van der Waals surface area contributed by atoms with Crippen molar-refractivity contribution >= 4 is 37.5 Å². The number of amides is 2. The van der Waals surface area contributed by atoms with E-state index in [4.69, 9.17) is 32.9 Å². The Bertz CT molecular complexity index is 2130. The molecule has 0 aromatic heterocycles. The van der Waals surface area contributed by atoms with E-state index in [1.165, 1.54) is 123 Å². The van der Waals surface area contributed by atoms with Gasteiger partial charge >= 0.3 is 25.7 Å². The zero-order chi connectivity index (χ0) is 77.4. The average molecular weight is 1520 g/mol. The summed E-state index contributed by atoms with van der Waals surface area (Å²) >= 11 is 0. The summed E-state index contributed by atoms with van der Waals surface area (Å²) in [6.07, 6.45) is 34.0. The molecule has 22 nitrogen and oxygen atoms in total. The molecule has 1 fully saturated rings. The van der Waals surface area contributed by atoms with E-state index in [1.54, 1.807) is 0 Å². The fourth-order valence-electron chi connectivity index (χ4n) is 14.1. The second-order valence-corrected chi connectivity index (χ2v) is 31.5. The van der Waals surface area contributed by atoms with Gasteiger partial charge in [-0.25, -0.2) is 4.57 Å². The van der Waals surface area contributed by atoms with Crippen molar-refractivity contribution in [3.63, 3.8) is 0 Å². The SMILES string of the molecule is CCCCCCCCCCCCCC(=O)O[C@H](CCCCCCCCCCC)CC(=O)OC1C(NC(=O)C[C@@H](CCCCCCCCCCC)OC(=O)CCCCCCCCCCC)C(OCC(OC)C(O)C(O)C(CCO)NC(=O)C[C@H](O)CCCCCCCCCCC)OC(CO)C1OP(=O)(O)O. The highest BCUT2D eigenvalue weighted by molar-refractivity contribution is 7.46. The van der Waals surface area contributed by atoms with Gasteiger partial charge in [0.05, 0.1) is 44.6 Å². The highest BCUT2D eigenvalue weighted by atomic mass is 31.2. The van der Waals surface area contributed by atoms with E-state index < -0.39 is 144 Å². The molecule has 1 aliphatic rings. The van der Waals surface area contributed by atoms with Crippen LogP contribution < -0.4 is 10.6 Å². The lowest BCUT2D eigenvalue weighted by Crippen LogP contribution is -2.66. The zero-order valence-electron chi connectivity index (χ0n) is 67.0. The Hall–Kier alpha value is -2.86. The fourth-order valence-corrected chi connectivity index (χ4v) is 14.6. The molecule has 0 aromatic rings. The largest absolute Gasteiger partial charge is 0.470 e. The highest BCUT2D eigenvalue weighted by Crippen LogP contribution is 2.43. The number of unbranched alkanes of at least 4 members (excludes halogenated alkanes) is 42. The van der Waals surface area contributed by atoms with E-state index >= 15 is 0 Å². The predicted molar refractivity (Wildman–Crippen MR) is 415 cm³/mol. The van der Waals surface area contributed by atoms with Crippen LogP contribution >= 0.6 is 7.82 Å². The van der Waals surface area contributed by atoms with Crippen molar-refractivity contribution in [2.24, 2.45) is 0 Å². The number of aliphatic hydroxyl groups excluding tert-OH is 5. The lowest BCUT2D eigenvalue weighted by atomic mass is 9.95. The first-order valence-electron chi connectivity index (χ1n) is 42.8. The van der Waals surface area contributed by atoms with E-state index in [-0.39, 0.29) is 25.7 Å². The molecule has 12 atom stereocenters. The van der Waals surface area contributed by atoms with Gasteiger partial charge in [-0.3, -0.25) is 28.5 Å². The minimum absolute atomic E-state index is 0.132. The lowest BCUT2D eigenvalue weighted by molar-refractivity contribution is -0.279. The molecule has 0 radical (unpaired) electrons. The summed E-state index contributed by atoms with van der Waals surface area (Å²) in [6, 6.07) is -2.99. The van der Waals surface area contributed by atoms with Gasteiger partial charge in [0, 0.05) is 26.6 Å². The first-order valence-corrected chi connectivity index (χ1v) is 44.3. The van der Waals surface area contributed by atoms with Gasteiger partial charge in [-0.05, 0) is 51.4 Å². The molecule has 0 spiro atoms. The maximum Gasteiger partial charge on any atom is 0.470 e. The topological polar surface area (TPSA) is 333 Å². The van der Waals surface area contributed by atoms with Crippen LogP contribution in [-0.2, 0) is 61.5 Å². The second-order valence-electron chi connectivity index (χ2n) is 30.3. The van der Waals surface area contributed by atoms with Gasteiger partial charge in [0.15, 0.2) is 12.4 Å². The molecule has 1 saturated heterocycles. The quantitative estimate of drug-likeness (QED) is 0.0118. The molecule has 23 heteroatoms. The Kier molecular flexibility index (Phi) is 64.8. The zero-order valence-corrected chi connectivity index (χ0v) is 67.9. The number of hydrogen-bond acceptors (Lipinski definition) is 18. The number of ether oxygens (including phenoxy) is 6. The van der Waals surface area contributed by atoms with E-state index in [0.717, 1.165) is 161 Å². The van der Waals surface area contributed by atoms with Gasteiger partial charge < -0.3 is 74.4 Å². The Morgan fingerprint density at radius 3 is 1.18 bits per heavy atom. The maximum atomic E-state index is 14.9. The number of esters is 3. The summed E-state index contributed by atoms with van der Waals surface area (Å²) in [7, 11) is -4.35. The van der Waals surface area contributed by atoms with E-state index in [2.05, 4.69) is 45.3 Å². The van der Waals surface area contributed by atoms with Crippen molar-refractivity contribution in [2.75, 3.05) is 26.9 Å². The summed E-state index contributed by atoms with van der Waals surface area (Å²) < 4.78 is 54.9. The van der Waals surface area contributed by atoms with Gasteiger partial charge in [0.1, 0.15) is 48.8 Å². The van der Waals surface area contributed by atoms with Crippen LogP contribution in [-0.4, -0.2) is 165 Å². The minimum atomic E-state index is -5.55. The number of phosphoric acid groups is 1. The smallest absolute Gasteiger partial charge is 0.462 e. The van der Waals surface area contributed by atoms with Crippen LogP contribution in [0.5, 0.6) is 0 Å². The molecule has 1 heterocycles. The number of carbonyl (C=O) groups is 5. The highest BCUT2D eigenvalue weighted by Gasteiger charge is 2.53. The standard InChI is InChI=1S/C82H157N2O20P/c1-7-12-17-22-27-32-33-38-43-48-53-58-75(91)101-68(56-51-46-41-36-30-25-20-15-10-4)63-76(92)103-81-77(84-73(89)62-67(55-50-45-40-35-29-24-19-14-9-3)100-74(90)57-52-47-42-37-31-26-21-16-11-5)82(102-70(64-86)80(81)104-105(95,96)97)99-65-71(98-6)79(94)78(93)69(59-60-85)83-72(88)61-66(87)54-49-44-39-34-28-23-18-13-8-2/h66-71,77-82,85-87,93-94H,7-65H2,1-6H3,(H,83,88)(H,84,89)(H2,95,96,97)/t66-,67-,68-,69?,70?,71?,77?,78?,79?,80?,81?,82?/m1/s1. The van der Waals surface area contributed by atoms with Crippen molar-refractivity contribution in [1.29, 1.82) is 0 Å². The van der Waals surface area contributed by atoms with Crippen LogP contribution in [0.25, 0.3) is 0 Å². The molecular formula is C82H157N2O20P. The predicted octanol–water partition coefficient (Wildman–Crippen LogP) is 16.9. The van der Waals surface area contributed by atoms with Gasteiger partial charge in [-0.2, -0.15) is 0 Å².